The number of thioether (sulfide) groups is 1. The lowest BCUT2D eigenvalue weighted by molar-refractivity contribution is -0.121. The number of likely N-dealkylation sites (N-methyl/N-ethyl adjacent to an activating group) is 1. The zero-order valence-corrected chi connectivity index (χ0v) is 20.3. The molecule has 0 aromatic heterocycles. The van der Waals surface area contributed by atoms with Crippen LogP contribution in [-0.2, 0) is 4.79 Å². The number of halogens is 2. The van der Waals surface area contributed by atoms with Crippen molar-refractivity contribution in [3.8, 4) is 17.2 Å². The first kappa shape index (κ1) is 22.9. The molecule has 1 heterocycles. The Balaban J connectivity index is 1.71. The normalized spacial score (nSPS) is 15.1. The van der Waals surface area contributed by atoms with Crippen molar-refractivity contribution in [1.29, 1.82) is 0 Å². The summed E-state index contributed by atoms with van der Waals surface area (Å²) in [5.74, 6) is 1.57. The molecule has 0 atom stereocenters. The number of rotatable bonds is 8. The molecule has 0 radical (unpaired) electrons. The Morgan fingerprint density at radius 1 is 1.17 bits per heavy atom. The molecule has 0 N–H and O–H groups in total. The fourth-order valence-electron chi connectivity index (χ4n) is 2.61. The van der Waals surface area contributed by atoms with Gasteiger partial charge in [0.25, 0.3) is 5.91 Å². The Hall–Kier alpha value is -1.74. The van der Waals surface area contributed by atoms with Crippen LogP contribution in [0.25, 0.3) is 6.08 Å². The van der Waals surface area contributed by atoms with Crippen molar-refractivity contribution in [2.45, 2.75) is 6.92 Å². The highest BCUT2D eigenvalue weighted by Crippen LogP contribution is 2.39. The first-order valence-corrected chi connectivity index (χ1v) is 11.5. The van der Waals surface area contributed by atoms with Gasteiger partial charge in [0.2, 0.25) is 0 Å². The second-order valence-corrected chi connectivity index (χ2v) is 9.15. The number of amides is 1. The van der Waals surface area contributed by atoms with Gasteiger partial charge in [0.1, 0.15) is 23.3 Å². The maximum absolute atomic E-state index is 12.2. The topological polar surface area (TPSA) is 48.0 Å². The van der Waals surface area contributed by atoms with Crippen molar-refractivity contribution in [2.75, 3.05) is 26.9 Å². The summed E-state index contributed by atoms with van der Waals surface area (Å²) in [6.45, 7) is 2.97. The summed E-state index contributed by atoms with van der Waals surface area (Å²) in [7, 11) is 1.66. The lowest BCUT2D eigenvalue weighted by atomic mass is 10.1. The summed E-state index contributed by atoms with van der Waals surface area (Å²) in [6, 6.07) is 11.1. The average molecular weight is 529 g/mol. The van der Waals surface area contributed by atoms with Gasteiger partial charge in [0, 0.05) is 11.5 Å². The third-order valence-electron chi connectivity index (χ3n) is 4.03. The lowest BCUT2D eigenvalue weighted by Gasteiger charge is -2.15. The van der Waals surface area contributed by atoms with Crippen LogP contribution in [0.2, 0.25) is 5.02 Å². The molecule has 1 aliphatic rings. The Bertz CT molecular complexity index is 982. The molecule has 3 rings (SSSR count). The molecule has 5 nitrogen and oxygen atoms in total. The van der Waals surface area contributed by atoms with Crippen molar-refractivity contribution in [3.05, 3.63) is 56.4 Å². The van der Waals surface area contributed by atoms with Gasteiger partial charge in [-0.1, -0.05) is 51.5 Å². The monoisotopic (exact) mass is 527 g/mol. The Morgan fingerprint density at radius 3 is 2.50 bits per heavy atom. The van der Waals surface area contributed by atoms with Crippen LogP contribution >= 0.6 is 51.5 Å². The molecule has 0 spiro atoms. The van der Waals surface area contributed by atoms with Gasteiger partial charge in [0.15, 0.2) is 11.5 Å². The largest absolute Gasteiger partial charge is 0.490 e. The molecule has 0 aliphatic carbocycles. The number of hydrogen-bond acceptors (Lipinski definition) is 6. The molecule has 1 fully saturated rings. The second-order valence-electron chi connectivity index (χ2n) is 6.15. The van der Waals surface area contributed by atoms with E-state index >= 15 is 0 Å². The quantitative estimate of drug-likeness (QED) is 0.246. The van der Waals surface area contributed by atoms with Crippen LogP contribution in [0.4, 0.5) is 0 Å². The van der Waals surface area contributed by atoms with Gasteiger partial charge in [-0.25, -0.2) is 0 Å². The van der Waals surface area contributed by atoms with E-state index in [0.29, 0.717) is 45.6 Å². The molecule has 9 heteroatoms. The molecule has 0 saturated carbocycles. The van der Waals surface area contributed by atoms with Crippen LogP contribution < -0.4 is 14.2 Å². The average Bonchev–Trinajstić information content (AvgIpc) is 2.95. The SMILES string of the molecule is CCOc1cc(C=C2SC(=S)N(C)C2=O)cc(Cl)c1OCCOc1ccc(Br)cc1. The minimum atomic E-state index is -0.135. The summed E-state index contributed by atoms with van der Waals surface area (Å²) in [5, 5.41) is 0.391. The minimum Gasteiger partial charge on any atom is -0.490 e. The molecule has 1 aliphatic heterocycles. The van der Waals surface area contributed by atoms with Gasteiger partial charge < -0.3 is 14.2 Å². The highest BCUT2D eigenvalue weighted by Gasteiger charge is 2.28. The zero-order chi connectivity index (χ0) is 21.7. The number of carbonyl (C=O) groups is 1. The fourth-order valence-corrected chi connectivity index (χ4v) is 4.32. The van der Waals surface area contributed by atoms with Crippen LogP contribution in [0.3, 0.4) is 0 Å². The number of nitrogens with zero attached hydrogens (tertiary/aromatic N) is 1. The highest BCUT2D eigenvalue weighted by atomic mass is 79.9. The lowest BCUT2D eigenvalue weighted by Crippen LogP contribution is -2.22. The van der Waals surface area contributed by atoms with Crippen molar-refractivity contribution in [1.82, 2.24) is 4.90 Å². The number of hydrogen-bond donors (Lipinski definition) is 0. The minimum absolute atomic E-state index is 0.135. The maximum Gasteiger partial charge on any atom is 0.265 e. The summed E-state index contributed by atoms with van der Waals surface area (Å²) in [6.07, 6.45) is 1.75. The predicted molar refractivity (Wildman–Crippen MR) is 129 cm³/mol. The molecule has 30 heavy (non-hydrogen) atoms. The van der Waals surface area contributed by atoms with Crippen LogP contribution in [0.5, 0.6) is 17.2 Å². The Labute approximate surface area is 198 Å². The summed E-state index contributed by atoms with van der Waals surface area (Å²) >= 11 is 16.3. The number of thiocarbonyl (C=S) groups is 1. The Morgan fingerprint density at radius 2 is 1.87 bits per heavy atom. The van der Waals surface area contributed by atoms with Crippen molar-refractivity contribution < 1.29 is 19.0 Å². The zero-order valence-electron chi connectivity index (χ0n) is 16.3. The van der Waals surface area contributed by atoms with E-state index in [2.05, 4.69) is 15.9 Å². The van der Waals surface area contributed by atoms with E-state index in [4.69, 9.17) is 38.0 Å². The van der Waals surface area contributed by atoms with Crippen LogP contribution in [0.1, 0.15) is 12.5 Å². The molecular weight excluding hydrogens is 510 g/mol. The fraction of sp³-hybridized carbons (Fsp3) is 0.238. The van der Waals surface area contributed by atoms with Gasteiger partial charge >= 0.3 is 0 Å². The third-order valence-corrected chi connectivity index (χ3v) is 6.32. The van der Waals surface area contributed by atoms with Gasteiger partial charge in [-0.15, -0.1) is 0 Å². The van der Waals surface area contributed by atoms with Crippen LogP contribution in [-0.4, -0.2) is 42.0 Å². The van der Waals surface area contributed by atoms with Gasteiger partial charge in [-0.2, -0.15) is 0 Å². The van der Waals surface area contributed by atoms with Crippen molar-refractivity contribution in [2.24, 2.45) is 0 Å². The summed E-state index contributed by atoms with van der Waals surface area (Å²) < 4.78 is 18.7. The van der Waals surface area contributed by atoms with E-state index in [1.165, 1.54) is 16.7 Å². The van der Waals surface area contributed by atoms with E-state index < -0.39 is 0 Å². The molecule has 2 aromatic carbocycles. The first-order valence-electron chi connectivity index (χ1n) is 9.08. The van der Waals surface area contributed by atoms with Gasteiger partial charge in [0.05, 0.1) is 16.5 Å². The molecule has 1 amide bonds. The first-order chi connectivity index (χ1) is 14.4. The molecule has 1 saturated heterocycles. The number of benzene rings is 2. The number of ether oxygens (including phenoxy) is 3. The maximum atomic E-state index is 12.2. The van der Waals surface area contributed by atoms with Crippen molar-refractivity contribution in [3.63, 3.8) is 0 Å². The van der Waals surface area contributed by atoms with Crippen LogP contribution in [0, 0.1) is 0 Å². The van der Waals surface area contributed by atoms with E-state index in [1.54, 1.807) is 25.3 Å². The predicted octanol–water partition coefficient (Wildman–Crippen LogP) is 5.79. The number of carbonyl (C=O) groups excluding carboxylic acids is 1. The van der Waals surface area contributed by atoms with E-state index in [0.717, 1.165) is 15.8 Å². The van der Waals surface area contributed by atoms with Crippen molar-refractivity contribution >= 4 is 67.8 Å². The third kappa shape index (κ3) is 5.69. The standard InChI is InChI=1S/C21H19BrClNO4S2/c1-3-26-17-11-13(12-18-20(25)24(2)21(29)30-18)10-16(23)19(17)28-9-8-27-15-6-4-14(22)5-7-15/h4-7,10-12H,3,8-9H2,1-2H3. The van der Waals surface area contributed by atoms with E-state index in [-0.39, 0.29) is 5.91 Å². The van der Waals surface area contributed by atoms with Gasteiger partial charge in [-0.3, -0.25) is 9.69 Å². The molecule has 0 bridgehead atoms. The molecular formula is C21H19BrClNO4S2. The molecule has 158 valence electrons. The summed E-state index contributed by atoms with van der Waals surface area (Å²) in [4.78, 5) is 14.2. The van der Waals surface area contributed by atoms with Gasteiger partial charge in [-0.05, 0) is 55.0 Å². The Kier molecular flexibility index (Phi) is 8.05. The van der Waals surface area contributed by atoms with E-state index in [9.17, 15) is 4.79 Å². The van der Waals surface area contributed by atoms with Crippen LogP contribution in [0.15, 0.2) is 45.8 Å². The highest BCUT2D eigenvalue weighted by molar-refractivity contribution is 9.10. The summed E-state index contributed by atoms with van der Waals surface area (Å²) in [5.41, 5.74) is 0.732. The smallest absolute Gasteiger partial charge is 0.265 e. The van der Waals surface area contributed by atoms with E-state index in [1.807, 2.05) is 31.2 Å². The molecule has 0 unspecified atom stereocenters. The molecule has 2 aromatic rings. The second kappa shape index (κ2) is 10.5.